The predicted octanol–water partition coefficient (Wildman–Crippen LogP) is 3.22. The molecule has 0 bridgehead atoms. The Labute approximate surface area is 158 Å². The molecule has 3 rings (SSSR count). The van der Waals surface area contributed by atoms with Gasteiger partial charge in [-0.3, -0.25) is 19.8 Å². The van der Waals surface area contributed by atoms with Gasteiger partial charge in [-0.1, -0.05) is 30.3 Å². The zero-order valence-electron chi connectivity index (χ0n) is 15.5. The summed E-state index contributed by atoms with van der Waals surface area (Å²) in [5, 5.41) is 14.2. The number of nitro groups is 1. The molecule has 2 aromatic carbocycles. The van der Waals surface area contributed by atoms with Crippen molar-refractivity contribution in [3.63, 3.8) is 0 Å². The second-order valence-electron chi connectivity index (χ2n) is 6.66. The summed E-state index contributed by atoms with van der Waals surface area (Å²) in [6.45, 7) is 6.13. The van der Waals surface area contributed by atoms with Gasteiger partial charge in [0.05, 0.1) is 18.1 Å². The number of amides is 1. The lowest BCUT2D eigenvalue weighted by atomic mass is 10.0. The van der Waals surface area contributed by atoms with Crippen LogP contribution in [0.3, 0.4) is 0 Å². The Kier molecular flexibility index (Phi) is 5.83. The normalized spacial score (nSPS) is 15.9. The Morgan fingerprint density at radius 1 is 1.15 bits per heavy atom. The third kappa shape index (κ3) is 4.32. The summed E-state index contributed by atoms with van der Waals surface area (Å²) in [5.74, 6) is -0.199. The van der Waals surface area contributed by atoms with Crippen molar-refractivity contribution in [2.45, 2.75) is 19.9 Å². The van der Waals surface area contributed by atoms with Crippen LogP contribution in [0, 0.1) is 24.0 Å². The van der Waals surface area contributed by atoms with E-state index in [1.807, 2.05) is 36.9 Å². The largest absolute Gasteiger partial charge is 0.379 e. The standard InChI is InChI=1S/C20H23N3O4/c1-14-5-3-6-15(2)18(14)21-20(24)19(22-9-11-27-12-10-22)16-7-4-8-17(13-16)23(25)26/h3-8,13,19H,9-12H2,1-2H3,(H,21,24). The summed E-state index contributed by atoms with van der Waals surface area (Å²) in [5.41, 5.74) is 3.32. The van der Waals surface area contributed by atoms with E-state index in [0.29, 0.717) is 31.9 Å². The number of nitrogens with one attached hydrogen (secondary N) is 1. The van der Waals surface area contributed by atoms with Gasteiger partial charge in [-0.05, 0) is 30.5 Å². The summed E-state index contributed by atoms with van der Waals surface area (Å²) in [6, 6.07) is 11.5. The quantitative estimate of drug-likeness (QED) is 0.646. The Morgan fingerprint density at radius 3 is 2.41 bits per heavy atom. The van der Waals surface area contributed by atoms with Crippen molar-refractivity contribution in [1.82, 2.24) is 4.90 Å². The van der Waals surface area contributed by atoms with Gasteiger partial charge in [0, 0.05) is 30.9 Å². The second kappa shape index (κ2) is 8.28. The van der Waals surface area contributed by atoms with E-state index in [1.165, 1.54) is 12.1 Å². The fourth-order valence-electron chi connectivity index (χ4n) is 3.38. The van der Waals surface area contributed by atoms with Gasteiger partial charge in [0.2, 0.25) is 5.91 Å². The van der Waals surface area contributed by atoms with Crippen molar-refractivity contribution in [1.29, 1.82) is 0 Å². The van der Waals surface area contributed by atoms with Crippen LogP contribution < -0.4 is 5.32 Å². The molecular weight excluding hydrogens is 346 g/mol. The van der Waals surface area contributed by atoms with Gasteiger partial charge in [0.15, 0.2) is 0 Å². The molecule has 1 aliphatic rings. The first-order valence-corrected chi connectivity index (χ1v) is 8.90. The Hall–Kier alpha value is -2.77. The number of non-ortho nitro benzene ring substituents is 1. The van der Waals surface area contributed by atoms with Crippen molar-refractivity contribution in [2.24, 2.45) is 0 Å². The summed E-state index contributed by atoms with van der Waals surface area (Å²) in [7, 11) is 0. The first-order valence-electron chi connectivity index (χ1n) is 8.90. The van der Waals surface area contributed by atoms with E-state index < -0.39 is 11.0 Å². The van der Waals surface area contributed by atoms with E-state index >= 15 is 0 Å². The third-order valence-corrected chi connectivity index (χ3v) is 4.79. The van der Waals surface area contributed by atoms with E-state index in [2.05, 4.69) is 5.32 Å². The molecular formula is C20H23N3O4. The van der Waals surface area contributed by atoms with Crippen molar-refractivity contribution < 1.29 is 14.5 Å². The number of nitrogens with zero attached hydrogens (tertiary/aromatic N) is 2. The van der Waals surface area contributed by atoms with Crippen LogP contribution >= 0.6 is 0 Å². The van der Waals surface area contributed by atoms with Crippen LogP contribution in [-0.2, 0) is 9.53 Å². The number of carbonyl (C=O) groups excluding carboxylic acids is 1. The molecule has 1 amide bonds. The average Bonchev–Trinajstić information content (AvgIpc) is 2.66. The molecule has 7 heteroatoms. The topological polar surface area (TPSA) is 84.7 Å². The first-order chi connectivity index (χ1) is 13.0. The average molecular weight is 369 g/mol. The molecule has 1 atom stereocenters. The molecule has 0 spiro atoms. The monoisotopic (exact) mass is 369 g/mol. The second-order valence-corrected chi connectivity index (χ2v) is 6.66. The highest BCUT2D eigenvalue weighted by molar-refractivity contribution is 5.97. The van der Waals surface area contributed by atoms with Gasteiger partial charge in [-0.25, -0.2) is 0 Å². The maximum Gasteiger partial charge on any atom is 0.269 e. The first kappa shape index (κ1) is 19.0. The Balaban J connectivity index is 1.95. The van der Waals surface area contributed by atoms with Gasteiger partial charge >= 0.3 is 0 Å². The number of hydrogen-bond acceptors (Lipinski definition) is 5. The number of aryl methyl sites for hydroxylation is 2. The highest BCUT2D eigenvalue weighted by atomic mass is 16.6. The Morgan fingerprint density at radius 2 is 1.78 bits per heavy atom. The minimum Gasteiger partial charge on any atom is -0.379 e. The number of benzene rings is 2. The number of carbonyl (C=O) groups is 1. The molecule has 1 N–H and O–H groups in total. The number of rotatable bonds is 5. The summed E-state index contributed by atoms with van der Waals surface area (Å²) in [6.07, 6.45) is 0. The lowest BCUT2D eigenvalue weighted by Crippen LogP contribution is -2.44. The highest BCUT2D eigenvalue weighted by Crippen LogP contribution is 2.28. The fraction of sp³-hybridized carbons (Fsp3) is 0.350. The van der Waals surface area contributed by atoms with Crippen molar-refractivity contribution in [3.8, 4) is 0 Å². The number of anilines is 1. The van der Waals surface area contributed by atoms with Crippen LogP contribution in [0.5, 0.6) is 0 Å². The lowest BCUT2D eigenvalue weighted by molar-refractivity contribution is -0.384. The van der Waals surface area contributed by atoms with Crippen LogP contribution in [0.2, 0.25) is 0 Å². The van der Waals surface area contributed by atoms with Crippen molar-refractivity contribution in [2.75, 3.05) is 31.6 Å². The maximum absolute atomic E-state index is 13.2. The molecule has 0 saturated carbocycles. The maximum atomic E-state index is 13.2. The number of morpholine rings is 1. The van der Waals surface area contributed by atoms with Gasteiger partial charge in [0.1, 0.15) is 6.04 Å². The van der Waals surface area contributed by atoms with Crippen LogP contribution in [0.25, 0.3) is 0 Å². The zero-order chi connectivity index (χ0) is 19.4. The molecule has 1 aliphatic heterocycles. The Bertz CT molecular complexity index is 827. The zero-order valence-corrected chi connectivity index (χ0v) is 15.5. The molecule has 1 heterocycles. The molecule has 0 aliphatic carbocycles. The fourth-order valence-corrected chi connectivity index (χ4v) is 3.38. The van der Waals surface area contributed by atoms with Crippen molar-refractivity contribution in [3.05, 3.63) is 69.3 Å². The van der Waals surface area contributed by atoms with E-state index in [4.69, 9.17) is 4.74 Å². The minimum atomic E-state index is -0.618. The van der Waals surface area contributed by atoms with Gasteiger partial charge in [0.25, 0.3) is 5.69 Å². The van der Waals surface area contributed by atoms with Crippen LogP contribution in [0.15, 0.2) is 42.5 Å². The predicted molar refractivity (Wildman–Crippen MR) is 103 cm³/mol. The van der Waals surface area contributed by atoms with Crippen molar-refractivity contribution >= 4 is 17.3 Å². The molecule has 1 fully saturated rings. The van der Waals surface area contributed by atoms with E-state index in [0.717, 1.165) is 16.8 Å². The summed E-state index contributed by atoms with van der Waals surface area (Å²) >= 11 is 0. The number of para-hydroxylation sites is 1. The molecule has 1 unspecified atom stereocenters. The van der Waals surface area contributed by atoms with Crippen LogP contribution in [0.4, 0.5) is 11.4 Å². The smallest absolute Gasteiger partial charge is 0.269 e. The molecule has 7 nitrogen and oxygen atoms in total. The minimum absolute atomic E-state index is 0.0226. The highest BCUT2D eigenvalue weighted by Gasteiger charge is 2.30. The van der Waals surface area contributed by atoms with E-state index in [-0.39, 0.29) is 11.6 Å². The van der Waals surface area contributed by atoms with Gasteiger partial charge in [-0.2, -0.15) is 0 Å². The third-order valence-electron chi connectivity index (χ3n) is 4.79. The SMILES string of the molecule is Cc1cccc(C)c1NC(=O)C(c1cccc([N+](=O)[O-])c1)N1CCOCC1. The molecule has 1 saturated heterocycles. The number of nitro benzene ring substituents is 1. The summed E-state index contributed by atoms with van der Waals surface area (Å²) < 4.78 is 5.40. The van der Waals surface area contributed by atoms with Crippen LogP contribution in [-0.4, -0.2) is 42.0 Å². The van der Waals surface area contributed by atoms with E-state index in [9.17, 15) is 14.9 Å². The number of hydrogen-bond donors (Lipinski definition) is 1. The summed E-state index contributed by atoms with van der Waals surface area (Å²) in [4.78, 5) is 26.0. The molecule has 27 heavy (non-hydrogen) atoms. The van der Waals surface area contributed by atoms with Crippen LogP contribution in [0.1, 0.15) is 22.7 Å². The van der Waals surface area contributed by atoms with Gasteiger partial charge < -0.3 is 10.1 Å². The molecule has 0 aromatic heterocycles. The number of ether oxygens (including phenoxy) is 1. The van der Waals surface area contributed by atoms with Gasteiger partial charge in [-0.15, -0.1) is 0 Å². The van der Waals surface area contributed by atoms with E-state index in [1.54, 1.807) is 12.1 Å². The lowest BCUT2D eigenvalue weighted by Gasteiger charge is -2.34. The molecule has 2 aromatic rings. The molecule has 142 valence electrons. The molecule has 0 radical (unpaired) electrons.